The van der Waals surface area contributed by atoms with Crippen LogP contribution in [0.3, 0.4) is 0 Å². The third kappa shape index (κ3) is 1.76. The van der Waals surface area contributed by atoms with Crippen molar-refractivity contribution in [3.05, 3.63) is 36.1 Å². The summed E-state index contributed by atoms with van der Waals surface area (Å²) in [6.07, 6.45) is 2.93. The molecule has 3 atom stereocenters. The van der Waals surface area contributed by atoms with Gasteiger partial charge < -0.3 is 9.52 Å². The topological polar surface area (TPSA) is 33.4 Å². The lowest BCUT2D eigenvalue weighted by Gasteiger charge is -2.39. The van der Waals surface area contributed by atoms with Crippen LogP contribution in [0.1, 0.15) is 38.9 Å². The molecule has 1 saturated carbocycles. The van der Waals surface area contributed by atoms with Gasteiger partial charge in [-0.05, 0) is 43.2 Å². The minimum atomic E-state index is -0.786. The molecule has 0 radical (unpaired) electrons. The number of hydrogen-bond donors (Lipinski definition) is 1. The second-order valence-corrected chi connectivity index (χ2v) is 5.85. The van der Waals surface area contributed by atoms with E-state index in [1.54, 1.807) is 0 Å². The minimum absolute atomic E-state index is 0.252. The highest BCUT2D eigenvalue weighted by Crippen LogP contribution is 2.44. The quantitative estimate of drug-likeness (QED) is 0.820. The summed E-state index contributed by atoms with van der Waals surface area (Å²) in [6, 6.07) is 9.95. The third-order valence-corrected chi connectivity index (χ3v) is 4.44. The summed E-state index contributed by atoms with van der Waals surface area (Å²) >= 11 is 0. The van der Waals surface area contributed by atoms with Gasteiger partial charge in [0.05, 0.1) is 0 Å². The number of hydrogen-bond acceptors (Lipinski definition) is 2. The third-order valence-electron chi connectivity index (χ3n) is 4.44. The van der Waals surface area contributed by atoms with E-state index in [1.165, 1.54) is 0 Å². The molecule has 3 unspecified atom stereocenters. The number of aliphatic hydroxyl groups is 1. The van der Waals surface area contributed by atoms with Gasteiger partial charge in [0.1, 0.15) is 16.9 Å². The lowest BCUT2D eigenvalue weighted by molar-refractivity contribution is -0.0735. The van der Waals surface area contributed by atoms with Gasteiger partial charge in [0.2, 0.25) is 0 Å². The molecule has 1 aromatic heterocycles. The summed E-state index contributed by atoms with van der Waals surface area (Å²) in [6.45, 7) is 4.39. The molecule has 3 rings (SSSR count). The lowest BCUT2D eigenvalue weighted by Crippen LogP contribution is -2.38. The summed E-state index contributed by atoms with van der Waals surface area (Å²) < 4.78 is 5.87. The molecule has 0 saturated heterocycles. The molecule has 0 spiro atoms. The Labute approximate surface area is 108 Å². The van der Waals surface area contributed by atoms with Crippen LogP contribution in [0.2, 0.25) is 0 Å². The SMILES string of the molecule is CC1CCC(O)(c2cc3ccccc3o2)C(C)C1. The maximum Gasteiger partial charge on any atom is 0.137 e. The summed E-state index contributed by atoms with van der Waals surface area (Å²) in [4.78, 5) is 0. The molecule has 1 fully saturated rings. The van der Waals surface area contributed by atoms with Gasteiger partial charge in [-0.15, -0.1) is 0 Å². The van der Waals surface area contributed by atoms with Gasteiger partial charge in [-0.2, -0.15) is 0 Å². The first-order valence-corrected chi connectivity index (χ1v) is 6.81. The van der Waals surface area contributed by atoms with Gasteiger partial charge in [0.25, 0.3) is 0 Å². The number of para-hydroxylation sites is 1. The zero-order valence-corrected chi connectivity index (χ0v) is 11.0. The summed E-state index contributed by atoms with van der Waals surface area (Å²) in [5.74, 6) is 1.69. The molecule has 2 heteroatoms. The molecule has 96 valence electrons. The fraction of sp³-hybridized carbons (Fsp3) is 0.500. The molecule has 0 bridgehead atoms. The van der Waals surface area contributed by atoms with E-state index in [-0.39, 0.29) is 5.92 Å². The van der Waals surface area contributed by atoms with E-state index in [9.17, 15) is 5.11 Å². The molecule has 1 heterocycles. The minimum Gasteiger partial charge on any atom is -0.458 e. The van der Waals surface area contributed by atoms with Crippen molar-refractivity contribution in [1.29, 1.82) is 0 Å². The second kappa shape index (κ2) is 4.13. The zero-order chi connectivity index (χ0) is 12.8. The fourth-order valence-corrected chi connectivity index (χ4v) is 3.19. The molecular weight excluding hydrogens is 224 g/mol. The summed E-state index contributed by atoms with van der Waals surface area (Å²) in [5.41, 5.74) is 0.0812. The van der Waals surface area contributed by atoms with E-state index < -0.39 is 5.60 Å². The first kappa shape index (κ1) is 11.8. The number of furan rings is 1. The Hall–Kier alpha value is -1.28. The Morgan fingerprint density at radius 2 is 2.06 bits per heavy atom. The molecule has 1 aliphatic rings. The highest BCUT2D eigenvalue weighted by molar-refractivity contribution is 5.77. The molecule has 0 amide bonds. The van der Waals surface area contributed by atoms with Crippen LogP contribution in [0.5, 0.6) is 0 Å². The zero-order valence-electron chi connectivity index (χ0n) is 11.0. The number of fused-ring (bicyclic) bond motifs is 1. The van der Waals surface area contributed by atoms with E-state index in [2.05, 4.69) is 13.8 Å². The van der Waals surface area contributed by atoms with Crippen molar-refractivity contribution in [1.82, 2.24) is 0 Å². The monoisotopic (exact) mass is 244 g/mol. The average molecular weight is 244 g/mol. The summed E-state index contributed by atoms with van der Waals surface area (Å²) in [7, 11) is 0. The van der Waals surface area contributed by atoms with Gasteiger partial charge >= 0.3 is 0 Å². The highest BCUT2D eigenvalue weighted by atomic mass is 16.4. The van der Waals surface area contributed by atoms with Crippen molar-refractivity contribution in [2.45, 2.75) is 38.7 Å². The fourth-order valence-electron chi connectivity index (χ4n) is 3.19. The number of benzene rings is 1. The van der Waals surface area contributed by atoms with Crippen molar-refractivity contribution in [3.8, 4) is 0 Å². The van der Waals surface area contributed by atoms with Gasteiger partial charge in [-0.3, -0.25) is 0 Å². The lowest BCUT2D eigenvalue weighted by atomic mass is 9.71. The first-order chi connectivity index (χ1) is 8.59. The standard InChI is InChI=1S/C16H20O2/c1-11-7-8-16(17,12(2)9-11)15-10-13-5-3-4-6-14(13)18-15/h3-6,10-12,17H,7-9H2,1-2H3. The van der Waals surface area contributed by atoms with E-state index in [0.29, 0.717) is 5.92 Å². The maximum absolute atomic E-state index is 10.9. The molecule has 2 aromatic rings. The van der Waals surface area contributed by atoms with Crippen molar-refractivity contribution in [2.75, 3.05) is 0 Å². The molecule has 1 aliphatic carbocycles. The van der Waals surface area contributed by atoms with Gasteiger partial charge in [-0.25, -0.2) is 0 Å². The average Bonchev–Trinajstić information content (AvgIpc) is 2.78. The maximum atomic E-state index is 10.9. The Morgan fingerprint density at radius 3 is 2.78 bits per heavy atom. The van der Waals surface area contributed by atoms with Crippen LogP contribution in [-0.4, -0.2) is 5.11 Å². The second-order valence-electron chi connectivity index (χ2n) is 5.85. The first-order valence-electron chi connectivity index (χ1n) is 6.81. The van der Waals surface area contributed by atoms with Crippen LogP contribution in [0.4, 0.5) is 0 Å². The Bertz CT molecular complexity index is 524. The summed E-state index contributed by atoms with van der Waals surface area (Å²) in [5, 5.41) is 12.0. The Balaban J connectivity index is 2.02. The molecular formula is C16H20O2. The van der Waals surface area contributed by atoms with E-state index in [0.717, 1.165) is 36.0 Å². The highest BCUT2D eigenvalue weighted by Gasteiger charge is 2.42. The Kier molecular flexibility index (Phi) is 2.70. The van der Waals surface area contributed by atoms with Crippen LogP contribution in [-0.2, 0) is 5.60 Å². The number of rotatable bonds is 1. The van der Waals surface area contributed by atoms with Crippen molar-refractivity contribution < 1.29 is 9.52 Å². The van der Waals surface area contributed by atoms with Crippen molar-refractivity contribution in [2.24, 2.45) is 11.8 Å². The van der Waals surface area contributed by atoms with Crippen molar-refractivity contribution >= 4 is 11.0 Å². The van der Waals surface area contributed by atoms with Crippen LogP contribution in [0, 0.1) is 11.8 Å². The molecule has 1 aromatic carbocycles. The molecule has 2 nitrogen and oxygen atoms in total. The van der Waals surface area contributed by atoms with Crippen LogP contribution < -0.4 is 0 Å². The predicted octanol–water partition coefficient (Wildman–Crippen LogP) is 4.08. The van der Waals surface area contributed by atoms with Crippen molar-refractivity contribution in [3.63, 3.8) is 0 Å². The largest absolute Gasteiger partial charge is 0.458 e. The van der Waals surface area contributed by atoms with E-state index in [4.69, 9.17) is 4.42 Å². The van der Waals surface area contributed by atoms with Gasteiger partial charge in [0.15, 0.2) is 0 Å². The Morgan fingerprint density at radius 1 is 1.28 bits per heavy atom. The molecule has 18 heavy (non-hydrogen) atoms. The van der Waals surface area contributed by atoms with Gasteiger partial charge in [-0.1, -0.05) is 32.0 Å². The predicted molar refractivity (Wildman–Crippen MR) is 72.3 cm³/mol. The van der Waals surface area contributed by atoms with E-state index in [1.807, 2.05) is 30.3 Å². The van der Waals surface area contributed by atoms with Crippen LogP contribution in [0.15, 0.2) is 34.7 Å². The molecule has 0 aliphatic heterocycles. The van der Waals surface area contributed by atoms with E-state index >= 15 is 0 Å². The van der Waals surface area contributed by atoms with Crippen LogP contribution >= 0.6 is 0 Å². The van der Waals surface area contributed by atoms with Gasteiger partial charge in [0, 0.05) is 5.39 Å². The normalized spacial score (nSPS) is 32.8. The molecule has 1 N–H and O–H groups in total. The smallest absolute Gasteiger partial charge is 0.137 e. The van der Waals surface area contributed by atoms with Crippen LogP contribution in [0.25, 0.3) is 11.0 Å².